The van der Waals surface area contributed by atoms with Crippen LogP contribution in [0.4, 0.5) is 0 Å². The summed E-state index contributed by atoms with van der Waals surface area (Å²) in [5.74, 6) is 0.996. The van der Waals surface area contributed by atoms with Gasteiger partial charge in [0.1, 0.15) is 0 Å². The summed E-state index contributed by atoms with van der Waals surface area (Å²) in [6.07, 6.45) is 8.37. The van der Waals surface area contributed by atoms with Gasteiger partial charge in [0.15, 0.2) is 0 Å². The van der Waals surface area contributed by atoms with E-state index in [0.717, 1.165) is 32.4 Å². The van der Waals surface area contributed by atoms with Crippen molar-refractivity contribution in [1.82, 2.24) is 10.6 Å². The lowest BCUT2D eigenvalue weighted by Crippen LogP contribution is -2.53. The summed E-state index contributed by atoms with van der Waals surface area (Å²) in [6, 6.07) is 0.352. The lowest BCUT2D eigenvalue weighted by atomic mass is 9.77. The largest absolute Gasteiger partial charge is 0.353 e. The average molecular weight is 252 g/mol. The quantitative estimate of drug-likeness (QED) is 0.807. The maximum atomic E-state index is 12.6. The van der Waals surface area contributed by atoms with Crippen molar-refractivity contribution in [2.24, 2.45) is 11.3 Å². The zero-order valence-electron chi connectivity index (χ0n) is 11.9. The van der Waals surface area contributed by atoms with Crippen LogP contribution in [0.1, 0.15) is 58.8 Å². The third-order valence-electron chi connectivity index (χ3n) is 5.10. The van der Waals surface area contributed by atoms with E-state index in [2.05, 4.69) is 24.5 Å². The third kappa shape index (κ3) is 2.87. The van der Waals surface area contributed by atoms with Gasteiger partial charge in [-0.2, -0.15) is 0 Å². The van der Waals surface area contributed by atoms with Gasteiger partial charge in [0.25, 0.3) is 0 Å². The summed E-state index contributed by atoms with van der Waals surface area (Å²) in [4.78, 5) is 12.6. The summed E-state index contributed by atoms with van der Waals surface area (Å²) in [5, 5.41) is 6.69. The van der Waals surface area contributed by atoms with Crippen LogP contribution in [0.5, 0.6) is 0 Å². The molecular formula is C15H28N2O. The van der Waals surface area contributed by atoms with E-state index in [1.807, 2.05) is 0 Å². The van der Waals surface area contributed by atoms with Gasteiger partial charge < -0.3 is 10.6 Å². The number of carbonyl (C=O) groups is 1. The summed E-state index contributed by atoms with van der Waals surface area (Å²) in [5.41, 5.74) is -0.148. The van der Waals surface area contributed by atoms with Gasteiger partial charge in [0.05, 0.1) is 5.41 Å². The smallest absolute Gasteiger partial charge is 0.227 e. The first-order chi connectivity index (χ1) is 8.68. The minimum atomic E-state index is -0.148. The van der Waals surface area contributed by atoms with Gasteiger partial charge in [0.2, 0.25) is 5.91 Å². The van der Waals surface area contributed by atoms with Crippen LogP contribution in [0.3, 0.4) is 0 Å². The Morgan fingerprint density at radius 2 is 2.11 bits per heavy atom. The average Bonchev–Trinajstić information content (AvgIpc) is 2.93. The van der Waals surface area contributed by atoms with Gasteiger partial charge in [-0.1, -0.05) is 19.8 Å². The molecule has 2 aliphatic rings. The Morgan fingerprint density at radius 1 is 1.39 bits per heavy atom. The molecular weight excluding hydrogens is 224 g/mol. The first-order valence-electron chi connectivity index (χ1n) is 7.69. The molecule has 1 saturated carbocycles. The molecule has 18 heavy (non-hydrogen) atoms. The molecule has 1 saturated heterocycles. The predicted molar refractivity (Wildman–Crippen MR) is 74.4 cm³/mol. The third-order valence-corrected chi connectivity index (χ3v) is 5.10. The first kappa shape index (κ1) is 13.9. The molecule has 2 N–H and O–H groups in total. The van der Waals surface area contributed by atoms with E-state index in [1.165, 1.54) is 25.7 Å². The van der Waals surface area contributed by atoms with Crippen molar-refractivity contribution in [1.29, 1.82) is 0 Å². The van der Waals surface area contributed by atoms with Gasteiger partial charge in [-0.25, -0.2) is 0 Å². The van der Waals surface area contributed by atoms with Crippen LogP contribution in [0.25, 0.3) is 0 Å². The van der Waals surface area contributed by atoms with E-state index < -0.39 is 0 Å². The van der Waals surface area contributed by atoms with E-state index in [9.17, 15) is 4.79 Å². The molecule has 1 aliphatic heterocycles. The molecule has 0 aromatic heterocycles. The van der Waals surface area contributed by atoms with Crippen LogP contribution >= 0.6 is 0 Å². The second-order valence-corrected chi connectivity index (χ2v) is 6.22. The molecule has 0 spiro atoms. The first-order valence-corrected chi connectivity index (χ1v) is 7.69. The van der Waals surface area contributed by atoms with Crippen molar-refractivity contribution < 1.29 is 4.79 Å². The fraction of sp³-hybridized carbons (Fsp3) is 0.933. The molecule has 0 aromatic rings. The molecule has 3 heteroatoms. The molecule has 104 valence electrons. The molecule has 2 rings (SSSR count). The van der Waals surface area contributed by atoms with Gasteiger partial charge in [-0.15, -0.1) is 0 Å². The highest BCUT2D eigenvalue weighted by molar-refractivity contribution is 5.83. The van der Waals surface area contributed by atoms with Crippen LogP contribution < -0.4 is 10.6 Å². The van der Waals surface area contributed by atoms with E-state index in [0.29, 0.717) is 12.0 Å². The Labute approximate surface area is 111 Å². The topological polar surface area (TPSA) is 41.1 Å². The molecule has 1 aliphatic carbocycles. The molecule has 0 aromatic carbocycles. The van der Waals surface area contributed by atoms with Crippen molar-refractivity contribution >= 4 is 5.91 Å². The molecule has 2 fully saturated rings. The second-order valence-electron chi connectivity index (χ2n) is 6.22. The predicted octanol–water partition coefficient (Wildman–Crippen LogP) is 2.46. The number of rotatable bonds is 4. The number of hydrogen-bond acceptors (Lipinski definition) is 2. The minimum absolute atomic E-state index is 0.148. The minimum Gasteiger partial charge on any atom is -0.353 e. The number of amides is 1. The molecule has 0 bridgehead atoms. The van der Waals surface area contributed by atoms with Crippen LogP contribution in [-0.4, -0.2) is 25.0 Å². The Hall–Kier alpha value is -0.570. The zero-order valence-corrected chi connectivity index (χ0v) is 11.9. The highest BCUT2D eigenvalue weighted by atomic mass is 16.2. The Balaban J connectivity index is 1.92. The van der Waals surface area contributed by atoms with Crippen LogP contribution in [0, 0.1) is 11.3 Å². The normalized spacial score (nSPS) is 31.2. The Bertz CT molecular complexity index is 278. The van der Waals surface area contributed by atoms with Gasteiger partial charge >= 0.3 is 0 Å². The number of piperidine rings is 1. The maximum absolute atomic E-state index is 12.6. The number of nitrogens with one attached hydrogen (secondary N) is 2. The highest BCUT2D eigenvalue weighted by Gasteiger charge is 2.38. The lowest BCUT2D eigenvalue weighted by molar-refractivity contribution is -0.133. The monoisotopic (exact) mass is 252 g/mol. The maximum Gasteiger partial charge on any atom is 0.227 e. The molecule has 2 atom stereocenters. The van der Waals surface area contributed by atoms with E-state index in [1.54, 1.807) is 0 Å². The summed E-state index contributed by atoms with van der Waals surface area (Å²) in [7, 11) is 0. The zero-order chi connectivity index (χ0) is 13.0. The van der Waals surface area contributed by atoms with Crippen molar-refractivity contribution in [3.63, 3.8) is 0 Å². The molecule has 1 unspecified atom stereocenters. The van der Waals surface area contributed by atoms with Crippen molar-refractivity contribution in [3.05, 3.63) is 0 Å². The van der Waals surface area contributed by atoms with Crippen LogP contribution in [0.15, 0.2) is 0 Å². The molecule has 0 radical (unpaired) electrons. The number of carbonyl (C=O) groups excluding carboxylic acids is 1. The van der Waals surface area contributed by atoms with E-state index in [-0.39, 0.29) is 11.3 Å². The fourth-order valence-corrected chi connectivity index (χ4v) is 3.56. The fourth-order valence-electron chi connectivity index (χ4n) is 3.56. The van der Waals surface area contributed by atoms with Crippen LogP contribution in [-0.2, 0) is 4.79 Å². The van der Waals surface area contributed by atoms with Gasteiger partial charge in [-0.3, -0.25) is 4.79 Å². The highest BCUT2D eigenvalue weighted by Crippen LogP contribution is 2.32. The Kier molecular flexibility index (Phi) is 4.66. The molecule has 3 nitrogen and oxygen atoms in total. The van der Waals surface area contributed by atoms with Crippen molar-refractivity contribution in [3.8, 4) is 0 Å². The lowest BCUT2D eigenvalue weighted by Gasteiger charge is -2.37. The van der Waals surface area contributed by atoms with Gasteiger partial charge in [-0.05, 0) is 51.5 Å². The van der Waals surface area contributed by atoms with Gasteiger partial charge in [0, 0.05) is 12.6 Å². The summed E-state index contributed by atoms with van der Waals surface area (Å²) < 4.78 is 0. The summed E-state index contributed by atoms with van der Waals surface area (Å²) >= 11 is 0. The van der Waals surface area contributed by atoms with E-state index in [4.69, 9.17) is 0 Å². The number of hydrogen-bond donors (Lipinski definition) is 2. The van der Waals surface area contributed by atoms with Crippen molar-refractivity contribution in [2.75, 3.05) is 13.1 Å². The summed E-state index contributed by atoms with van der Waals surface area (Å²) in [6.45, 7) is 6.25. The van der Waals surface area contributed by atoms with Crippen LogP contribution in [0.2, 0.25) is 0 Å². The molecule has 1 heterocycles. The SMILES string of the molecule is CCC1(C(=O)N[C@H](C)C2CCCC2)CCCNC1. The standard InChI is InChI=1S/C15H28N2O/c1-3-15(9-6-10-16-11-15)14(18)17-12(2)13-7-4-5-8-13/h12-13,16H,3-11H2,1-2H3,(H,17,18)/t12-,15?/m1/s1. The van der Waals surface area contributed by atoms with Crippen molar-refractivity contribution in [2.45, 2.75) is 64.8 Å². The van der Waals surface area contributed by atoms with E-state index >= 15 is 0 Å². The second kappa shape index (κ2) is 6.05. The molecule has 1 amide bonds. The Morgan fingerprint density at radius 3 is 2.67 bits per heavy atom.